The number of nitrogens with one attached hydrogen (secondary N) is 1. The number of aromatic nitrogens is 1. The Bertz CT molecular complexity index is 557. The van der Waals surface area contributed by atoms with Gasteiger partial charge in [0.25, 0.3) is 0 Å². The van der Waals surface area contributed by atoms with Crippen LogP contribution in [0.25, 0.3) is 0 Å². The Labute approximate surface area is 161 Å². The minimum absolute atomic E-state index is 0. The number of carbonyl (C=O) groups is 1. The van der Waals surface area contributed by atoms with E-state index in [0.717, 1.165) is 43.3 Å². The van der Waals surface area contributed by atoms with Gasteiger partial charge in [-0.1, -0.05) is 6.07 Å². The Kier molecular flexibility index (Phi) is 9.02. The lowest BCUT2D eigenvalue weighted by molar-refractivity contribution is -0.149. The number of rotatable bonds is 4. The number of guanidine groups is 1. The second kappa shape index (κ2) is 10.5. The molecule has 2 rings (SSSR count). The van der Waals surface area contributed by atoms with E-state index < -0.39 is 0 Å². The molecule has 7 heteroatoms. The van der Waals surface area contributed by atoms with Crippen molar-refractivity contribution in [2.75, 3.05) is 26.7 Å². The van der Waals surface area contributed by atoms with Crippen molar-refractivity contribution in [1.29, 1.82) is 0 Å². The summed E-state index contributed by atoms with van der Waals surface area (Å²) in [4.78, 5) is 22.8. The van der Waals surface area contributed by atoms with Gasteiger partial charge in [0.05, 0.1) is 24.8 Å². The quantitative estimate of drug-likeness (QED) is 0.333. The first-order valence-corrected chi connectivity index (χ1v) is 8.18. The molecular weight excluding hydrogens is 419 g/mol. The van der Waals surface area contributed by atoms with Gasteiger partial charge in [-0.05, 0) is 38.8 Å². The van der Waals surface area contributed by atoms with E-state index in [2.05, 4.69) is 20.2 Å². The number of esters is 1. The van der Waals surface area contributed by atoms with Crippen LogP contribution >= 0.6 is 24.0 Å². The monoisotopic (exact) mass is 446 g/mol. The van der Waals surface area contributed by atoms with Crippen LogP contribution in [-0.2, 0) is 16.1 Å². The molecule has 1 aromatic rings. The van der Waals surface area contributed by atoms with Crippen LogP contribution in [0.1, 0.15) is 31.2 Å². The fourth-order valence-electron chi connectivity index (χ4n) is 2.79. The van der Waals surface area contributed by atoms with Gasteiger partial charge in [-0.25, -0.2) is 0 Å². The summed E-state index contributed by atoms with van der Waals surface area (Å²) in [5.74, 6) is 0.803. The normalized spacial score (nSPS) is 15.6. The van der Waals surface area contributed by atoms with E-state index in [-0.39, 0.29) is 35.9 Å². The molecule has 2 heterocycles. The van der Waals surface area contributed by atoms with Crippen molar-refractivity contribution < 1.29 is 9.53 Å². The van der Waals surface area contributed by atoms with Gasteiger partial charge in [-0.3, -0.25) is 14.8 Å². The van der Waals surface area contributed by atoms with E-state index in [9.17, 15) is 4.79 Å². The van der Waals surface area contributed by atoms with Crippen LogP contribution in [0.4, 0.5) is 0 Å². The van der Waals surface area contributed by atoms with Crippen molar-refractivity contribution in [1.82, 2.24) is 15.2 Å². The lowest BCUT2D eigenvalue weighted by Gasteiger charge is -2.33. The molecule has 0 unspecified atom stereocenters. The molecule has 0 bridgehead atoms. The molecule has 1 aliphatic heterocycles. The summed E-state index contributed by atoms with van der Waals surface area (Å²) in [6, 6.07) is 5.99. The minimum Gasteiger partial charge on any atom is -0.466 e. The summed E-state index contributed by atoms with van der Waals surface area (Å²) in [5, 5.41) is 3.35. The van der Waals surface area contributed by atoms with Crippen molar-refractivity contribution in [2.24, 2.45) is 10.9 Å². The zero-order valence-corrected chi connectivity index (χ0v) is 16.9. The number of halogens is 1. The van der Waals surface area contributed by atoms with Crippen molar-refractivity contribution in [3.63, 3.8) is 0 Å². The fraction of sp³-hybridized carbons (Fsp3) is 0.588. The molecule has 6 nitrogen and oxygen atoms in total. The zero-order chi connectivity index (χ0) is 16.7. The molecule has 1 N–H and O–H groups in total. The lowest BCUT2D eigenvalue weighted by atomic mass is 9.97. The smallest absolute Gasteiger partial charge is 0.309 e. The summed E-state index contributed by atoms with van der Waals surface area (Å²) < 4.78 is 5.11. The van der Waals surface area contributed by atoms with Crippen LogP contribution in [0.3, 0.4) is 0 Å². The molecule has 0 atom stereocenters. The minimum atomic E-state index is -0.0703. The third-order valence-electron chi connectivity index (χ3n) is 4.00. The number of aliphatic imine (C=N–C) groups is 1. The summed E-state index contributed by atoms with van der Waals surface area (Å²) in [5.41, 5.74) is 2.00. The Morgan fingerprint density at radius 3 is 2.71 bits per heavy atom. The van der Waals surface area contributed by atoms with Gasteiger partial charge in [-0.2, -0.15) is 0 Å². The Morgan fingerprint density at radius 1 is 1.42 bits per heavy atom. The van der Waals surface area contributed by atoms with E-state index in [1.54, 1.807) is 7.05 Å². The average Bonchev–Trinajstić information content (AvgIpc) is 2.56. The van der Waals surface area contributed by atoms with Gasteiger partial charge < -0.3 is 15.0 Å². The Hall–Kier alpha value is -1.38. The van der Waals surface area contributed by atoms with Crippen molar-refractivity contribution >= 4 is 35.9 Å². The zero-order valence-electron chi connectivity index (χ0n) is 14.6. The predicted octanol–water partition coefficient (Wildman–Crippen LogP) is 2.36. The first kappa shape index (κ1) is 20.7. The topological polar surface area (TPSA) is 66.8 Å². The highest BCUT2D eigenvalue weighted by atomic mass is 127. The summed E-state index contributed by atoms with van der Waals surface area (Å²) in [7, 11) is 1.78. The molecule has 1 saturated heterocycles. The van der Waals surface area contributed by atoms with Crippen LogP contribution < -0.4 is 5.32 Å². The van der Waals surface area contributed by atoms with Crippen molar-refractivity contribution in [2.45, 2.75) is 33.2 Å². The van der Waals surface area contributed by atoms with Gasteiger partial charge in [-0.15, -0.1) is 24.0 Å². The summed E-state index contributed by atoms with van der Waals surface area (Å²) in [6.07, 6.45) is 1.62. The molecule has 24 heavy (non-hydrogen) atoms. The van der Waals surface area contributed by atoms with Gasteiger partial charge >= 0.3 is 5.97 Å². The second-order valence-corrected chi connectivity index (χ2v) is 5.68. The first-order valence-electron chi connectivity index (χ1n) is 8.18. The Morgan fingerprint density at radius 2 is 2.12 bits per heavy atom. The number of hydrogen-bond donors (Lipinski definition) is 1. The molecule has 0 aromatic carbocycles. The summed E-state index contributed by atoms with van der Waals surface area (Å²) in [6.45, 7) is 6.54. The number of pyridine rings is 1. The highest BCUT2D eigenvalue weighted by molar-refractivity contribution is 14.0. The van der Waals surface area contributed by atoms with E-state index in [1.807, 2.05) is 32.0 Å². The number of piperidine rings is 1. The Balaban J connectivity index is 0.00000288. The van der Waals surface area contributed by atoms with Crippen molar-refractivity contribution in [3.8, 4) is 0 Å². The molecule has 0 radical (unpaired) electrons. The van der Waals surface area contributed by atoms with Gasteiger partial charge in [0.1, 0.15) is 0 Å². The third kappa shape index (κ3) is 5.92. The standard InChI is InChI=1S/C17H26N4O2.HI/c1-4-23-16(22)14-8-10-21(11-9-14)17(18-3)19-12-15-7-5-6-13(2)20-15;/h5-7,14H,4,8-12H2,1-3H3,(H,18,19);1H. The molecular formula is C17H27IN4O2. The molecule has 1 fully saturated rings. The number of nitrogens with zero attached hydrogens (tertiary/aromatic N) is 3. The number of aryl methyl sites for hydroxylation is 1. The maximum Gasteiger partial charge on any atom is 0.309 e. The maximum atomic E-state index is 11.8. The maximum absolute atomic E-state index is 11.8. The van der Waals surface area contributed by atoms with Crippen LogP contribution in [0.15, 0.2) is 23.2 Å². The highest BCUT2D eigenvalue weighted by Gasteiger charge is 2.27. The molecule has 1 aromatic heterocycles. The van der Waals surface area contributed by atoms with E-state index in [4.69, 9.17) is 4.74 Å². The average molecular weight is 446 g/mol. The second-order valence-electron chi connectivity index (χ2n) is 5.68. The van der Waals surface area contributed by atoms with Gasteiger partial charge in [0.2, 0.25) is 0 Å². The SMILES string of the molecule is CCOC(=O)C1CCN(C(=NC)NCc2cccc(C)n2)CC1.I. The van der Waals surface area contributed by atoms with E-state index in [1.165, 1.54) is 0 Å². The predicted molar refractivity (Wildman–Crippen MR) is 106 cm³/mol. The van der Waals surface area contributed by atoms with Crippen LogP contribution in [0.2, 0.25) is 0 Å². The van der Waals surface area contributed by atoms with E-state index >= 15 is 0 Å². The van der Waals surface area contributed by atoms with Gasteiger partial charge in [0, 0.05) is 25.8 Å². The first-order chi connectivity index (χ1) is 11.1. The van der Waals surface area contributed by atoms with Crippen molar-refractivity contribution in [3.05, 3.63) is 29.6 Å². The number of ether oxygens (including phenoxy) is 1. The fourth-order valence-corrected chi connectivity index (χ4v) is 2.79. The number of hydrogen-bond acceptors (Lipinski definition) is 4. The lowest BCUT2D eigenvalue weighted by Crippen LogP contribution is -2.46. The molecule has 0 saturated carbocycles. The third-order valence-corrected chi connectivity index (χ3v) is 4.00. The molecule has 134 valence electrons. The molecule has 0 spiro atoms. The van der Waals surface area contributed by atoms with Gasteiger partial charge in [0.15, 0.2) is 5.96 Å². The van der Waals surface area contributed by atoms with E-state index in [0.29, 0.717) is 13.2 Å². The molecule has 0 amide bonds. The van der Waals surface area contributed by atoms with Crippen LogP contribution in [0, 0.1) is 12.8 Å². The highest BCUT2D eigenvalue weighted by Crippen LogP contribution is 2.18. The largest absolute Gasteiger partial charge is 0.466 e. The number of carbonyl (C=O) groups excluding carboxylic acids is 1. The van der Waals surface area contributed by atoms with Crippen LogP contribution in [-0.4, -0.2) is 48.6 Å². The van der Waals surface area contributed by atoms with Crippen LogP contribution in [0.5, 0.6) is 0 Å². The number of likely N-dealkylation sites (tertiary alicyclic amines) is 1. The summed E-state index contributed by atoms with van der Waals surface area (Å²) >= 11 is 0. The molecule has 0 aliphatic carbocycles. The molecule has 1 aliphatic rings.